The zero-order valence-corrected chi connectivity index (χ0v) is 16.8. The highest BCUT2D eigenvalue weighted by atomic mass is 16.3. The van der Waals surface area contributed by atoms with Crippen molar-refractivity contribution in [3.63, 3.8) is 0 Å². The van der Waals surface area contributed by atoms with Crippen LogP contribution in [0.4, 0.5) is 5.82 Å². The minimum atomic E-state index is -0.0325. The number of piperidine rings is 1. The minimum absolute atomic E-state index is 0.0325. The van der Waals surface area contributed by atoms with Gasteiger partial charge in [-0.15, -0.1) is 0 Å². The number of amides is 1. The first-order valence-corrected chi connectivity index (χ1v) is 10.6. The second-order valence-electron chi connectivity index (χ2n) is 8.08. The smallest absolute Gasteiger partial charge is 0.251 e. The monoisotopic (exact) mass is 394 g/mol. The Morgan fingerprint density at radius 3 is 2.66 bits per heavy atom. The second kappa shape index (κ2) is 9.37. The van der Waals surface area contributed by atoms with Crippen LogP contribution in [-0.2, 0) is 6.54 Å². The molecule has 1 atom stereocenters. The fourth-order valence-electron chi connectivity index (χ4n) is 4.39. The number of rotatable bonds is 6. The Balaban J connectivity index is 1.30. The average Bonchev–Trinajstić information content (AvgIpc) is 3.25. The van der Waals surface area contributed by atoms with Crippen molar-refractivity contribution >= 4 is 11.7 Å². The van der Waals surface area contributed by atoms with E-state index in [0.29, 0.717) is 5.56 Å². The molecule has 2 saturated heterocycles. The van der Waals surface area contributed by atoms with Gasteiger partial charge in [-0.2, -0.15) is 0 Å². The van der Waals surface area contributed by atoms with Gasteiger partial charge in [0.2, 0.25) is 0 Å². The van der Waals surface area contributed by atoms with E-state index in [2.05, 4.69) is 44.4 Å². The molecule has 1 aromatic carbocycles. The van der Waals surface area contributed by atoms with Crippen LogP contribution in [-0.4, -0.2) is 59.2 Å². The van der Waals surface area contributed by atoms with Gasteiger partial charge in [-0.25, -0.2) is 4.98 Å². The largest absolute Gasteiger partial charge is 0.394 e. The summed E-state index contributed by atoms with van der Waals surface area (Å²) >= 11 is 0. The molecule has 0 spiro atoms. The average molecular weight is 395 g/mol. The molecule has 0 bridgehead atoms. The van der Waals surface area contributed by atoms with Gasteiger partial charge in [-0.3, -0.25) is 9.69 Å². The van der Waals surface area contributed by atoms with E-state index in [1.165, 1.54) is 5.56 Å². The van der Waals surface area contributed by atoms with Gasteiger partial charge in [0.25, 0.3) is 5.91 Å². The summed E-state index contributed by atoms with van der Waals surface area (Å²) < 4.78 is 0. The Morgan fingerprint density at radius 2 is 1.90 bits per heavy atom. The highest BCUT2D eigenvalue weighted by Crippen LogP contribution is 2.24. The number of benzene rings is 1. The molecule has 29 heavy (non-hydrogen) atoms. The van der Waals surface area contributed by atoms with Gasteiger partial charge in [-0.1, -0.05) is 30.3 Å². The minimum Gasteiger partial charge on any atom is -0.394 e. The summed E-state index contributed by atoms with van der Waals surface area (Å²) in [6, 6.07) is 14.5. The number of likely N-dealkylation sites (tertiary alicyclic amines) is 1. The van der Waals surface area contributed by atoms with Crippen LogP contribution in [0.1, 0.15) is 41.6 Å². The number of anilines is 1. The summed E-state index contributed by atoms with van der Waals surface area (Å²) in [6.45, 7) is 3.96. The van der Waals surface area contributed by atoms with Crippen molar-refractivity contribution in [2.75, 3.05) is 31.1 Å². The zero-order valence-electron chi connectivity index (χ0n) is 16.8. The van der Waals surface area contributed by atoms with Gasteiger partial charge in [0.15, 0.2) is 0 Å². The molecular formula is C23H30N4O2. The highest BCUT2D eigenvalue weighted by molar-refractivity contribution is 5.95. The van der Waals surface area contributed by atoms with Gasteiger partial charge in [0.1, 0.15) is 5.82 Å². The molecule has 2 fully saturated rings. The van der Waals surface area contributed by atoms with Crippen LogP contribution >= 0.6 is 0 Å². The van der Waals surface area contributed by atoms with Crippen molar-refractivity contribution in [1.29, 1.82) is 0 Å². The fourth-order valence-corrected chi connectivity index (χ4v) is 4.39. The maximum absolute atomic E-state index is 12.8. The van der Waals surface area contributed by atoms with Gasteiger partial charge in [-0.05, 0) is 43.4 Å². The van der Waals surface area contributed by atoms with Crippen molar-refractivity contribution in [3.05, 3.63) is 59.8 Å². The Morgan fingerprint density at radius 1 is 1.10 bits per heavy atom. The van der Waals surface area contributed by atoms with Gasteiger partial charge in [0, 0.05) is 44.0 Å². The summed E-state index contributed by atoms with van der Waals surface area (Å²) in [6.07, 6.45) is 5.64. The van der Waals surface area contributed by atoms with Crippen LogP contribution < -0.4 is 10.2 Å². The lowest BCUT2D eigenvalue weighted by molar-refractivity contribution is 0.0909. The number of pyridine rings is 1. The van der Waals surface area contributed by atoms with Crippen LogP contribution in [0.25, 0.3) is 0 Å². The van der Waals surface area contributed by atoms with Gasteiger partial charge in [0.05, 0.1) is 12.6 Å². The van der Waals surface area contributed by atoms with Crippen molar-refractivity contribution in [2.45, 2.75) is 44.3 Å². The van der Waals surface area contributed by atoms with Crippen LogP contribution in [0, 0.1) is 0 Å². The third kappa shape index (κ3) is 4.95. The van der Waals surface area contributed by atoms with Crippen LogP contribution in [0.2, 0.25) is 0 Å². The van der Waals surface area contributed by atoms with Crippen molar-refractivity contribution < 1.29 is 9.90 Å². The van der Waals surface area contributed by atoms with Gasteiger partial charge < -0.3 is 15.3 Å². The first-order chi connectivity index (χ1) is 14.2. The first-order valence-electron chi connectivity index (χ1n) is 10.6. The number of carbonyl (C=O) groups is 1. The lowest BCUT2D eigenvalue weighted by Crippen LogP contribution is -2.44. The Bertz CT molecular complexity index is 806. The van der Waals surface area contributed by atoms with Crippen LogP contribution in [0.5, 0.6) is 0 Å². The molecule has 2 N–H and O–H groups in total. The molecule has 0 saturated carbocycles. The van der Waals surface area contributed by atoms with E-state index < -0.39 is 0 Å². The zero-order chi connectivity index (χ0) is 20.1. The SMILES string of the molecule is O=C(NC1CCN(Cc2ccccc2)CC1)c1ccnc(N2CCCC2CO)c1. The predicted molar refractivity (Wildman–Crippen MR) is 114 cm³/mol. The number of aromatic nitrogens is 1. The third-order valence-corrected chi connectivity index (χ3v) is 6.06. The lowest BCUT2D eigenvalue weighted by atomic mass is 10.0. The Kier molecular flexibility index (Phi) is 6.42. The molecule has 6 nitrogen and oxygen atoms in total. The summed E-state index contributed by atoms with van der Waals surface area (Å²) in [5.74, 6) is 0.752. The molecule has 154 valence electrons. The van der Waals surface area contributed by atoms with Crippen molar-refractivity contribution in [3.8, 4) is 0 Å². The van der Waals surface area contributed by atoms with Crippen molar-refractivity contribution in [1.82, 2.24) is 15.2 Å². The Labute approximate surface area is 172 Å². The molecule has 2 aliphatic rings. The number of aliphatic hydroxyl groups excluding tert-OH is 1. The lowest BCUT2D eigenvalue weighted by Gasteiger charge is -2.32. The van der Waals surface area contributed by atoms with E-state index in [4.69, 9.17) is 0 Å². The number of nitrogens with zero attached hydrogens (tertiary/aromatic N) is 3. The number of hydrogen-bond donors (Lipinski definition) is 2. The number of aliphatic hydroxyl groups is 1. The third-order valence-electron chi connectivity index (χ3n) is 6.06. The van der Waals surface area contributed by atoms with E-state index >= 15 is 0 Å². The first kappa shape index (κ1) is 19.9. The normalized spacial score (nSPS) is 20.7. The van der Waals surface area contributed by atoms with E-state index in [0.717, 1.165) is 57.7 Å². The number of carbonyl (C=O) groups excluding carboxylic acids is 1. The topological polar surface area (TPSA) is 68.7 Å². The molecule has 0 radical (unpaired) electrons. The second-order valence-corrected chi connectivity index (χ2v) is 8.08. The van der Waals surface area contributed by atoms with E-state index in [1.54, 1.807) is 12.3 Å². The molecule has 1 unspecified atom stereocenters. The van der Waals surface area contributed by atoms with Crippen LogP contribution in [0.15, 0.2) is 48.7 Å². The summed E-state index contributed by atoms with van der Waals surface area (Å²) in [5, 5.41) is 12.8. The molecule has 2 aliphatic heterocycles. The van der Waals surface area contributed by atoms with Crippen LogP contribution in [0.3, 0.4) is 0 Å². The molecule has 6 heteroatoms. The maximum atomic E-state index is 12.8. The molecular weight excluding hydrogens is 364 g/mol. The van der Waals surface area contributed by atoms with E-state index in [-0.39, 0.29) is 24.6 Å². The highest BCUT2D eigenvalue weighted by Gasteiger charge is 2.26. The molecule has 1 amide bonds. The fraction of sp³-hybridized carbons (Fsp3) is 0.478. The molecule has 2 aromatic rings. The maximum Gasteiger partial charge on any atom is 0.251 e. The van der Waals surface area contributed by atoms with E-state index in [1.807, 2.05) is 12.1 Å². The molecule has 0 aliphatic carbocycles. The number of hydrogen-bond acceptors (Lipinski definition) is 5. The number of nitrogens with one attached hydrogen (secondary N) is 1. The van der Waals surface area contributed by atoms with Gasteiger partial charge >= 0.3 is 0 Å². The predicted octanol–water partition coefficient (Wildman–Crippen LogP) is 2.44. The molecule has 4 rings (SSSR count). The summed E-state index contributed by atoms with van der Waals surface area (Å²) in [7, 11) is 0. The summed E-state index contributed by atoms with van der Waals surface area (Å²) in [5.41, 5.74) is 1.98. The van der Waals surface area contributed by atoms with Crippen molar-refractivity contribution in [2.24, 2.45) is 0 Å². The van der Waals surface area contributed by atoms with E-state index in [9.17, 15) is 9.90 Å². The Hall–Kier alpha value is -2.44. The quantitative estimate of drug-likeness (QED) is 0.788. The summed E-state index contributed by atoms with van der Waals surface area (Å²) in [4.78, 5) is 21.8. The molecule has 1 aromatic heterocycles. The standard InChI is InChI=1S/C23H30N4O2/c28-17-21-7-4-12-27(21)22-15-19(8-11-24-22)23(29)25-20-9-13-26(14-10-20)16-18-5-2-1-3-6-18/h1-3,5-6,8,11,15,20-21,28H,4,7,9-10,12-14,16-17H2,(H,25,29). The molecule has 3 heterocycles.